The topological polar surface area (TPSA) is 70.7 Å². The molecule has 122 valence electrons. The Kier molecular flexibility index (Phi) is 4.22. The van der Waals surface area contributed by atoms with E-state index in [9.17, 15) is 23.1 Å². The van der Waals surface area contributed by atoms with E-state index in [4.69, 9.17) is 11.6 Å². The third-order valence-corrected chi connectivity index (χ3v) is 3.99. The molecule has 0 saturated heterocycles. The summed E-state index contributed by atoms with van der Waals surface area (Å²) in [6.45, 7) is 3.41. The van der Waals surface area contributed by atoms with E-state index in [1.165, 1.54) is 4.68 Å². The molecule has 0 bridgehead atoms. The summed E-state index contributed by atoms with van der Waals surface area (Å²) in [6, 6.07) is 0. The van der Waals surface area contributed by atoms with Crippen molar-refractivity contribution in [1.29, 1.82) is 0 Å². The van der Waals surface area contributed by atoms with Crippen LogP contribution >= 0.6 is 11.6 Å². The third kappa shape index (κ3) is 2.70. The number of rotatable bonds is 3. The fraction of sp³-hybridized carbons (Fsp3) is 0.583. The van der Waals surface area contributed by atoms with Gasteiger partial charge in [-0.05, 0) is 13.8 Å². The Morgan fingerprint density at radius 2 is 2.14 bits per heavy atom. The van der Waals surface area contributed by atoms with Crippen LogP contribution in [0.5, 0.6) is 0 Å². The fourth-order valence-corrected chi connectivity index (χ4v) is 2.27. The average Bonchev–Trinajstić information content (AvgIpc) is 2.93. The first kappa shape index (κ1) is 16.8. The molecule has 0 aliphatic carbocycles. The summed E-state index contributed by atoms with van der Waals surface area (Å²) in [4.78, 5) is 12.0. The van der Waals surface area contributed by atoms with Gasteiger partial charge in [0.2, 0.25) is 5.91 Å². The first-order valence-electron chi connectivity index (χ1n) is 6.42. The maximum atomic E-state index is 12.9. The van der Waals surface area contributed by atoms with Crippen molar-refractivity contribution in [2.45, 2.75) is 45.1 Å². The highest BCUT2D eigenvalue weighted by atomic mass is 35.5. The summed E-state index contributed by atoms with van der Waals surface area (Å²) in [6.07, 6.45) is -5.20. The van der Waals surface area contributed by atoms with E-state index in [0.717, 1.165) is 6.21 Å². The number of aryl methyl sites for hydroxylation is 2. The first-order chi connectivity index (χ1) is 10.1. The molecular formula is C12H14ClF3N4O2. The molecule has 22 heavy (non-hydrogen) atoms. The van der Waals surface area contributed by atoms with Crippen LogP contribution in [0.3, 0.4) is 0 Å². The summed E-state index contributed by atoms with van der Waals surface area (Å²) < 4.78 is 40.1. The molecule has 0 radical (unpaired) electrons. The quantitative estimate of drug-likeness (QED) is 0.916. The molecule has 1 atom stereocenters. The molecule has 10 heteroatoms. The summed E-state index contributed by atoms with van der Waals surface area (Å²) in [5, 5.41) is 17.6. The van der Waals surface area contributed by atoms with E-state index in [0.29, 0.717) is 16.4 Å². The van der Waals surface area contributed by atoms with Gasteiger partial charge in [0.25, 0.3) is 5.72 Å². The Labute approximate surface area is 129 Å². The van der Waals surface area contributed by atoms with E-state index in [1.54, 1.807) is 13.8 Å². The van der Waals surface area contributed by atoms with Gasteiger partial charge in [0.1, 0.15) is 0 Å². The largest absolute Gasteiger partial charge is 0.438 e. The molecule has 1 amide bonds. The van der Waals surface area contributed by atoms with Crippen molar-refractivity contribution in [2.24, 2.45) is 5.10 Å². The average molecular weight is 339 g/mol. The van der Waals surface area contributed by atoms with E-state index >= 15 is 0 Å². The highest BCUT2D eigenvalue weighted by Gasteiger charge is 2.61. The van der Waals surface area contributed by atoms with Crippen LogP contribution in [0.4, 0.5) is 13.2 Å². The van der Waals surface area contributed by atoms with Crippen LogP contribution in [0, 0.1) is 13.8 Å². The second kappa shape index (κ2) is 5.54. The Balaban J connectivity index is 2.09. The van der Waals surface area contributed by atoms with Crippen LogP contribution in [0.15, 0.2) is 5.10 Å². The molecule has 0 unspecified atom stereocenters. The Morgan fingerprint density at radius 3 is 2.64 bits per heavy atom. The fourth-order valence-electron chi connectivity index (χ4n) is 2.14. The monoisotopic (exact) mass is 338 g/mol. The number of aromatic nitrogens is 2. The summed E-state index contributed by atoms with van der Waals surface area (Å²) >= 11 is 5.95. The number of halogens is 4. The molecule has 1 aromatic rings. The van der Waals surface area contributed by atoms with Gasteiger partial charge in [0.05, 0.1) is 23.0 Å². The van der Waals surface area contributed by atoms with Gasteiger partial charge in [-0.1, -0.05) is 11.6 Å². The minimum atomic E-state index is -4.99. The number of aliphatic hydroxyl groups is 1. The molecule has 1 aromatic heterocycles. The summed E-state index contributed by atoms with van der Waals surface area (Å²) in [5.41, 5.74) is -2.10. The Hall–Kier alpha value is -1.61. The van der Waals surface area contributed by atoms with Crippen LogP contribution in [-0.2, 0) is 11.3 Å². The van der Waals surface area contributed by atoms with Gasteiger partial charge in [-0.2, -0.15) is 28.4 Å². The molecule has 0 fully saturated rings. The maximum Gasteiger partial charge on any atom is 0.438 e. The van der Waals surface area contributed by atoms with Crippen molar-refractivity contribution in [2.75, 3.05) is 0 Å². The smallest absolute Gasteiger partial charge is 0.362 e. The van der Waals surface area contributed by atoms with Crippen LogP contribution in [0.2, 0.25) is 5.02 Å². The Morgan fingerprint density at radius 1 is 1.50 bits per heavy atom. The minimum Gasteiger partial charge on any atom is -0.362 e. The number of amides is 1. The number of nitrogens with zero attached hydrogens (tertiary/aromatic N) is 4. The van der Waals surface area contributed by atoms with Crippen molar-refractivity contribution in [3.63, 3.8) is 0 Å². The van der Waals surface area contributed by atoms with E-state index < -0.39 is 24.2 Å². The summed E-state index contributed by atoms with van der Waals surface area (Å²) in [5.74, 6) is -0.947. The summed E-state index contributed by atoms with van der Waals surface area (Å²) in [7, 11) is 0. The number of alkyl halides is 3. The van der Waals surface area contributed by atoms with Crippen LogP contribution in [-0.4, -0.2) is 43.9 Å². The van der Waals surface area contributed by atoms with Gasteiger partial charge < -0.3 is 5.11 Å². The highest BCUT2D eigenvalue weighted by molar-refractivity contribution is 6.31. The normalized spacial score (nSPS) is 21.7. The van der Waals surface area contributed by atoms with Crippen LogP contribution in [0.1, 0.15) is 24.2 Å². The molecule has 2 heterocycles. The zero-order valence-corrected chi connectivity index (χ0v) is 12.6. The first-order valence-corrected chi connectivity index (χ1v) is 6.80. The molecule has 1 aliphatic rings. The molecule has 1 aliphatic heterocycles. The van der Waals surface area contributed by atoms with Gasteiger partial charge in [-0.15, -0.1) is 0 Å². The molecule has 0 spiro atoms. The minimum absolute atomic E-state index is 0.0399. The van der Waals surface area contributed by atoms with E-state index in [1.807, 2.05) is 0 Å². The van der Waals surface area contributed by atoms with Gasteiger partial charge in [0, 0.05) is 19.1 Å². The van der Waals surface area contributed by atoms with Gasteiger partial charge in [-0.3, -0.25) is 9.48 Å². The number of hydrogen-bond donors (Lipinski definition) is 1. The third-order valence-electron chi connectivity index (χ3n) is 3.44. The molecule has 0 aromatic carbocycles. The maximum absolute atomic E-state index is 12.9. The predicted octanol–water partition coefficient (Wildman–Crippen LogP) is 2.01. The van der Waals surface area contributed by atoms with Crippen molar-refractivity contribution in [3.8, 4) is 0 Å². The molecule has 1 N–H and O–H groups in total. The van der Waals surface area contributed by atoms with Gasteiger partial charge >= 0.3 is 6.18 Å². The number of hydrazone groups is 1. The standard InChI is InChI=1S/C12H14ClF3N4O2/c1-7-10(13)8(2)19(18-7)6-3-9(21)20-11(22,4-5-17-20)12(14,15)16/h5,22H,3-4,6H2,1-2H3/t11-/m0/s1. The van der Waals surface area contributed by atoms with Crippen molar-refractivity contribution in [3.05, 3.63) is 16.4 Å². The lowest BCUT2D eigenvalue weighted by molar-refractivity contribution is -0.302. The molecular weight excluding hydrogens is 325 g/mol. The lowest BCUT2D eigenvalue weighted by Gasteiger charge is -2.32. The van der Waals surface area contributed by atoms with Crippen molar-refractivity contribution < 1.29 is 23.1 Å². The van der Waals surface area contributed by atoms with Crippen molar-refractivity contribution in [1.82, 2.24) is 14.8 Å². The number of carbonyl (C=O) groups is 1. The lowest BCUT2D eigenvalue weighted by Crippen LogP contribution is -2.56. The molecule has 2 rings (SSSR count). The van der Waals surface area contributed by atoms with Crippen molar-refractivity contribution >= 4 is 23.7 Å². The van der Waals surface area contributed by atoms with Gasteiger partial charge in [0.15, 0.2) is 0 Å². The SMILES string of the molecule is Cc1nn(CCC(=O)N2N=CC[C@]2(O)C(F)(F)F)c(C)c1Cl. The number of hydrogen-bond acceptors (Lipinski definition) is 4. The second-order valence-electron chi connectivity index (χ2n) is 4.98. The zero-order valence-electron chi connectivity index (χ0n) is 11.9. The molecule has 6 nitrogen and oxygen atoms in total. The van der Waals surface area contributed by atoms with Gasteiger partial charge in [-0.25, -0.2) is 0 Å². The molecule has 0 saturated carbocycles. The lowest BCUT2D eigenvalue weighted by atomic mass is 10.1. The van der Waals surface area contributed by atoms with E-state index in [2.05, 4.69) is 10.2 Å². The van der Waals surface area contributed by atoms with Crippen LogP contribution in [0.25, 0.3) is 0 Å². The zero-order chi connectivity index (χ0) is 16.7. The second-order valence-corrected chi connectivity index (χ2v) is 5.36. The van der Waals surface area contributed by atoms with Crippen LogP contribution < -0.4 is 0 Å². The number of carbonyl (C=O) groups excluding carboxylic acids is 1. The Bertz CT molecular complexity index is 629. The van der Waals surface area contributed by atoms with E-state index in [-0.39, 0.29) is 18.0 Å². The predicted molar refractivity (Wildman–Crippen MR) is 72.3 cm³/mol. The highest BCUT2D eigenvalue weighted by Crippen LogP contribution is 2.38.